The summed E-state index contributed by atoms with van der Waals surface area (Å²) in [5.41, 5.74) is 1.62. The molecule has 0 spiro atoms. The van der Waals surface area contributed by atoms with Crippen molar-refractivity contribution < 1.29 is 22.7 Å². The van der Waals surface area contributed by atoms with Crippen LogP contribution in [0.3, 0.4) is 0 Å². The fourth-order valence-electron chi connectivity index (χ4n) is 3.28. The summed E-state index contributed by atoms with van der Waals surface area (Å²) in [6, 6.07) is 18.2. The van der Waals surface area contributed by atoms with Crippen molar-refractivity contribution in [2.45, 2.75) is 24.7 Å². The predicted octanol–water partition coefficient (Wildman–Crippen LogP) is 4.91. The summed E-state index contributed by atoms with van der Waals surface area (Å²) < 4.78 is 38.3. The van der Waals surface area contributed by atoms with E-state index < -0.39 is 10.0 Å². The van der Waals surface area contributed by atoms with Crippen LogP contribution >= 0.6 is 11.6 Å². The highest BCUT2D eigenvalue weighted by Gasteiger charge is 2.16. The van der Waals surface area contributed by atoms with Crippen LogP contribution in [0.5, 0.6) is 11.5 Å². The standard InChI is InChI=1S/C25H27ClN2O5S/c1-3-33-23-14-11-18(16-24(23)32-2)8-7-15-27-25(29)19-12-13-22(21(26)17-19)28-34(30,31)20-9-5-4-6-10-20/h4-6,9-14,16-17,28H,3,7-8,15H2,1-2H3,(H,27,29). The number of sulfonamides is 1. The molecule has 0 fully saturated rings. The summed E-state index contributed by atoms with van der Waals surface area (Å²) in [6.45, 7) is 2.94. The summed E-state index contributed by atoms with van der Waals surface area (Å²) in [5, 5.41) is 2.99. The normalized spacial score (nSPS) is 11.0. The molecule has 2 N–H and O–H groups in total. The van der Waals surface area contributed by atoms with Crippen LogP contribution in [0.2, 0.25) is 5.02 Å². The Balaban J connectivity index is 1.54. The predicted molar refractivity (Wildman–Crippen MR) is 134 cm³/mol. The highest BCUT2D eigenvalue weighted by molar-refractivity contribution is 7.92. The molecule has 34 heavy (non-hydrogen) atoms. The third kappa shape index (κ3) is 6.65. The van der Waals surface area contributed by atoms with Gasteiger partial charge in [-0.3, -0.25) is 9.52 Å². The monoisotopic (exact) mass is 502 g/mol. The topological polar surface area (TPSA) is 93.7 Å². The maximum atomic E-state index is 12.5. The number of ether oxygens (including phenoxy) is 2. The first-order chi connectivity index (χ1) is 16.3. The van der Waals surface area contributed by atoms with E-state index in [1.807, 2.05) is 25.1 Å². The number of aryl methyl sites for hydroxylation is 1. The summed E-state index contributed by atoms with van der Waals surface area (Å²) in [5.74, 6) is 1.10. The average Bonchev–Trinajstić information content (AvgIpc) is 2.84. The molecule has 0 aliphatic carbocycles. The average molecular weight is 503 g/mol. The maximum Gasteiger partial charge on any atom is 0.261 e. The van der Waals surface area contributed by atoms with E-state index in [0.717, 1.165) is 18.4 Å². The van der Waals surface area contributed by atoms with Gasteiger partial charge in [-0.2, -0.15) is 0 Å². The van der Waals surface area contributed by atoms with E-state index >= 15 is 0 Å². The van der Waals surface area contributed by atoms with E-state index in [2.05, 4.69) is 10.0 Å². The number of carbonyl (C=O) groups excluding carboxylic acids is 1. The van der Waals surface area contributed by atoms with Gasteiger partial charge in [0.05, 0.1) is 29.3 Å². The van der Waals surface area contributed by atoms with Crippen LogP contribution in [-0.2, 0) is 16.4 Å². The van der Waals surface area contributed by atoms with Gasteiger partial charge in [-0.05, 0) is 67.8 Å². The Kier molecular flexibility index (Phi) is 8.79. The van der Waals surface area contributed by atoms with Gasteiger partial charge in [-0.1, -0.05) is 35.9 Å². The minimum Gasteiger partial charge on any atom is -0.493 e. The fourth-order valence-corrected chi connectivity index (χ4v) is 4.67. The molecule has 0 atom stereocenters. The first-order valence-corrected chi connectivity index (χ1v) is 12.7. The second-order valence-electron chi connectivity index (χ2n) is 7.39. The van der Waals surface area contributed by atoms with Crippen molar-refractivity contribution >= 4 is 33.2 Å². The largest absolute Gasteiger partial charge is 0.493 e. The van der Waals surface area contributed by atoms with Crippen LogP contribution in [0.15, 0.2) is 71.6 Å². The summed E-state index contributed by atoms with van der Waals surface area (Å²) >= 11 is 6.24. The van der Waals surface area contributed by atoms with E-state index in [0.29, 0.717) is 30.2 Å². The summed E-state index contributed by atoms with van der Waals surface area (Å²) in [7, 11) is -2.17. The SMILES string of the molecule is CCOc1ccc(CCCNC(=O)c2ccc(NS(=O)(=O)c3ccccc3)c(Cl)c2)cc1OC. The van der Waals surface area contributed by atoms with Crippen molar-refractivity contribution in [2.75, 3.05) is 25.0 Å². The molecular formula is C25H27ClN2O5S. The summed E-state index contributed by atoms with van der Waals surface area (Å²) in [6.07, 6.45) is 1.48. The van der Waals surface area contributed by atoms with Gasteiger partial charge in [-0.15, -0.1) is 0 Å². The minimum absolute atomic E-state index is 0.123. The number of methoxy groups -OCH3 is 1. The first kappa shape index (κ1) is 25.4. The van der Waals surface area contributed by atoms with Gasteiger partial charge < -0.3 is 14.8 Å². The highest BCUT2D eigenvalue weighted by Crippen LogP contribution is 2.28. The van der Waals surface area contributed by atoms with E-state index in [1.165, 1.54) is 30.3 Å². The zero-order chi connectivity index (χ0) is 24.6. The van der Waals surface area contributed by atoms with E-state index in [9.17, 15) is 13.2 Å². The molecule has 0 heterocycles. The molecular weight excluding hydrogens is 476 g/mol. The van der Waals surface area contributed by atoms with Crippen molar-refractivity contribution in [1.29, 1.82) is 0 Å². The lowest BCUT2D eigenvalue weighted by Crippen LogP contribution is -2.24. The zero-order valence-corrected chi connectivity index (χ0v) is 20.6. The molecule has 0 saturated carbocycles. The molecule has 0 radical (unpaired) electrons. The van der Waals surface area contributed by atoms with Crippen molar-refractivity contribution in [3.8, 4) is 11.5 Å². The minimum atomic E-state index is -3.78. The van der Waals surface area contributed by atoms with Crippen LogP contribution in [0.25, 0.3) is 0 Å². The molecule has 180 valence electrons. The van der Waals surface area contributed by atoms with Gasteiger partial charge in [0, 0.05) is 12.1 Å². The van der Waals surface area contributed by atoms with Crippen LogP contribution in [0, 0.1) is 0 Å². The summed E-state index contributed by atoms with van der Waals surface area (Å²) in [4.78, 5) is 12.6. The number of rotatable bonds is 11. The molecule has 3 aromatic carbocycles. The first-order valence-electron chi connectivity index (χ1n) is 10.8. The maximum absolute atomic E-state index is 12.5. The lowest BCUT2D eigenvalue weighted by molar-refractivity contribution is 0.0953. The molecule has 0 unspecified atom stereocenters. The van der Waals surface area contributed by atoms with Crippen LogP contribution in [-0.4, -0.2) is 34.6 Å². The van der Waals surface area contributed by atoms with Gasteiger partial charge >= 0.3 is 0 Å². The molecule has 3 aromatic rings. The number of anilines is 1. The van der Waals surface area contributed by atoms with E-state index in [1.54, 1.807) is 25.3 Å². The molecule has 1 amide bonds. The molecule has 0 bridgehead atoms. The van der Waals surface area contributed by atoms with E-state index in [4.69, 9.17) is 21.1 Å². The van der Waals surface area contributed by atoms with Gasteiger partial charge in [0.25, 0.3) is 15.9 Å². The lowest BCUT2D eigenvalue weighted by atomic mass is 10.1. The number of hydrogen-bond donors (Lipinski definition) is 2. The molecule has 9 heteroatoms. The smallest absolute Gasteiger partial charge is 0.261 e. The van der Waals surface area contributed by atoms with Crippen molar-refractivity contribution in [3.05, 3.63) is 82.9 Å². The Labute approximate surface area is 205 Å². The lowest BCUT2D eigenvalue weighted by Gasteiger charge is -2.12. The Morgan fingerprint density at radius 3 is 2.44 bits per heavy atom. The van der Waals surface area contributed by atoms with Gasteiger partial charge in [0.1, 0.15) is 0 Å². The van der Waals surface area contributed by atoms with Gasteiger partial charge in [0.15, 0.2) is 11.5 Å². The van der Waals surface area contributed by atoms with Crippen molar-refractivity contribution in [2.24, 2.45) is 0 Å². The van der Waals surface area contributed by atoms with Crippen LogP contribution in [0.1, 0.15) is 29.3 Å². The number of amides is 1. The Bertz CT molecular complexity index is 1230. The molecule has 7 nitrogen and oxygen atoms in total. The fraction of sp³-hybridized carbons (Fsp3) is 0.240. The molecule has 0 saturated heterocycles. The Morgan fingerprint density at radius 2 is 1.76 bits per heavy atom. The quantitative estimate of drug-likeness (QED) is 0.363. The molecule has 3 rings (SSSR count). The number of benzene rings is 3. The van der Waals surface area contributed by atoms with Gasteiger partial charge in [0.2, 0.25) is 0 Å². The molecule has 0 aliphatic heterocycles. The number of nitrogens with one attached hydrogen (secondary N) is 2. The molecule has 0 aromatic heterocycles. The van der Waals surface area contributed by atoms with Crippen LogP contribution < -0.4 is 19.5 Å². The van der Waals surface area contributed by atoms with Gasteiger partial charge in [-0.25, -0.2) is 8.42 Å². The van der Waals surface area contributed by atoms with Crippen LogP contribution in [0.4, 0.5) is 5.69 Å². The van der Waals surface area contributed by atoms with Crippen molar-refractivity contribution in [1.82, 2.24) is 5.32 Å². The third-order valence-corrected chi connectivity index (χ3v) is 6.68. The Morgan fingerprint density at radius 1 is 1.00 bits per heavy atom. The molecule has 0 aliphatic rings. The zero-order valence-electron chi connectivity index (χ0n) is 19.0. The third-order valence-electron chi connectivity index (χ3n) is 4.98. The Hall–Kier alpha value is -3.23. The van der Waals surface area contributed by atoms with E-state index in [-0.39, 0.29) is 21.5 Å². The number of hydrogen-bond acceptors (Lipinski definition) is 5. The van der Waals surface area contributed by atoms with Crippen molar-refractivity contribution in [3.63, 3.8) is 0 Å². The second kappa shape index (κ2) is 11.8. The number of halogens is 1. The number of carbonyl (C=O) groups is 1. The highest BCUT2D eigenvalue weighted by atomic mass is 35.5. The second-order valence-corrected chi connectivity index (χ2v) is 9.48.